The van der Waals surface area contributed by atoms with Crippen molar-refractivity contribution in [2.45, 2.75) is 13.0 Å². The van der Waals surface area contributed by atoms with Crippen molar-refractivity contribution in [1.29, 1.82) is 0 Å². The average molecular weight is 267 g/mol. The van der Waals surface area contributed by atoms with Gasteiger partial charge in [0.05, 0.1) is 18.8 Å². The number of amidine groups is 1. The Balaban J connectivity index is 2.11. The fraction of sp³-hybridized carbons (Fsp3) is 0.417. The van der Waals surface area contributed by atoms with E-state index in [0.29, 0.717) is 11.6 Å². The van der Waals surface area contributed by atoms with Crippen LogP contribution in [0.2, 0.25) is 0 Å². The van der Waals surface area contributed by atoms with Gasteiger partial charge in [0.2, 0.25) is 0 Å². The summed E-state index contributed by atoms with van der Waals surface area (Å²) in [4.78, 5) is 16.4. The van der Waals surface area contributed by atoms with Crippen LogP contribution in [0.5, 0.6) is 0 Å². The number of fused-ring (bicyclic) bond motifs is 1. The van der Waals surface area contributed by atoms with Gasteiger partial charge in [-0.05, 0) is 22.7 Å². The Morgan fingerprint density at radius 1 is 1.50 bits per heavy atom. The minimum atomic E-state index is -0.229. The average Bonchev–Trinajstić information content (AvgIpc) is 2.40. The second kappa shape index (κ2) is 6.08. The minimum absolute atomic E-state index is 0.0280. The van der Waals surface area contributed by atoms with Gasteiger partial charge in [-0.15, -0.1) is 0 Å². The molecule has 0 radical (unpaired) electrons. The Hall–Kier alpha value is -1.24. The summed E-state index contributed by atoms with van der Waals surface area (Å²) < 4.78 is 5.99. The highest BCUT2D eigenvalue weighted by Crippen LogP contribution is 2.32. The van der Waals surface area contributed by atoms with E-state index in [0.717, 1.165) is 28.1 Å². The van der Waals surface area contributed by atoms with Crippen molar-refractivity contribution in [3.05, 3.63) is 34.7 Å². The van der Waals surface area contributed by atoms with Gasteiger partial charge < -0.3 is 9.29 Å². The SMILES string of the molecule is CC1c2ccccc2N=C(CSOCCO)[N+]1=O. The van der Waals surface area contributed by atoms with Crippen LogP contribution in [0.25, 0.3) is 0 Å². The molecule has 0 bridgehead atoms. The summed E-state index contributed by atoms with van der Waals surface area (Å²) in [6.45, 7) is 2.09. The normalized spacial score (nSPS) is 18.4. The molecule has 1 aromatic carbocycles. The third kappa shape index (κ3) is 2.77. The molecule has 0 spiro atoms. The zero-order chi connectivity index (χ0) is 13.0. The first-order chi connectivity index (χ1) is 8.74. The summed E-state index contributed by atoms with van der Waals surface area (Å²) in [5, 5.41) is 8.59. The first-order valence-electron chi connectivity index (χ1n) is 5.72. The summed E-state index contributed by atoms with van der Waals surface area (Å²) in [5.41, 5.74) is 1.78. The molecule has 1 aromatic rings. The van der Waals surface area contributed by atoms with Crippen LogP contribution in [0.1, 0.15) is 18.5 Å². The number of nitroso groups, excluding NO2 is 1. The summed E-state index contributed by atoms with van der Waals surface area (Å²) >= 11 is 1.13. The van der Waals surface area contributed by atoms with E-state index in [4.69, 9.17) is 9.29 Å². The smallest absolute Gasteiger partial charge is 0.349 e. The molecular formula is C12H15N2O3S+. The van der Waals surface area contributed by atoms with Crippen molar-refractivity contribution >= 4 is 23.6 Å². The number of hydrogen-bond acceptors (Lipinski definition) is 5. The van der Waals surface area contributed by atoms with Crippen LogP contribution in [-0.4, -0.2) is 34.7 Å². The third-order valence-corrected chi connectivity index (χ3v) is 3.40. The molecule has 1 aliphatic heterocycles. The Morgan fingerprint density at radius 3 is 3.06 bits per heavy atom. The molecule has 0 fully saturated rings. The quantitative estimate of drug-likeness (QED) is 0.505. The second-order valence-electron chi connectivity index (χ2n) is 3.90. The molecule has 0 amide bonds. The first kappa shape index (κ1) is 13.2. The maximum atomic E-state index is 12.0. The molecule has 96 valence electrons. The first-order valence-corrected chi connectivity index (χ1v) is 6.63. The van der Waals surface area contributed by atoms with Crippen LogP contribution in [0.4, 0.5) is 5.69 Å². The van der Waals surface area contributed by atoms with Gasteiger partial charge in [0.15, 0.2) is 11.7 Å². The molecule has 6 heteroatoms. The van der Waals surface area contributed by atoms with E-state index in [1.54, 1.807) is 0 Å². The fourth-order valence-electron chi connectivity index (χ4n) is 1.77. The van der Waals surface area contributed by atoms with Gasteiger partial charge in [-0.2, -0.15) is 0 Å². The van der Waals surface area contributed by atoms with E-state index in [9.17, 15) is 4.91 Å². The van der Waals surface area contributed by atoms with Crippen LogP contribution >= 0.6 is 12.0 Å². The number of rotatable bonds is 5. The lowest BCUT2D eigenvalue weighted by atomic mass is 10.0. The summed E-state index contributed by atoms with van der Waals surface area (Å²) in [7, 11) is 0. The van der Waals surface area contributed by atoms with Gasteiger partial charge >= 0.3 is 5.84 Å². The molecule has 18 heavy (non-hydrogen) atoms. The maximum absolute atomic E-state index is 12.0. The van der Waals surface area contributed by atoms with E-state index in [2.05, 4.69) is 4.99 Å². The highest BCUT2D eigenvalue weighted by Gasteiger charge is 2.34. The summed E-state index contributed by atoms with van der Waals surface area (Å²) in [6.07, 6.45) is 0. The van der Waals surface area contributed by atoms with Gasteiger partial charge in [0.1, 0.15) is 5.75 Å². The van der Waals surface area contributed by atoms with Crippen LogP contribution in [0.15, 0.2) is 29.3 Å². The Kier molecular flexibility index (Phi) is 4.46. The monoisotopic (exact) mass is 267 g/mol. The Bertz CT molecular complexity index is 476. The number of hydrogen-bond donors (Lipinski definition) is 1. The third-order valence-electron chi connectivity index (χ3n) is 2.69. The molecule has 0 saturated heterocycles. The largest absolute Gasteiger partial charge is 0.394 e. The fourth-order valence-corrected chi connectivity index (χ4v) is 2.34. The Morgan fingerprint density at radius 2 is 2.28 bits per heavy atom. The molecule has 5 nitrogen and oxygen atoms in total. The molecule has 0 aliphatic carbocycles. The van der Waals surface area contributed by atoms with E-state index in [1.165, 1.54) is 0 Å². The molecule has 2 rings (SSSR count). The van der Waals surface area contributed by atoms with E-state index in [1.807, 2.05) is 31.2 Å². The molecule has 1 aliphatic rings. The lowest BCUT2D eigenvalue weighted by Gasteiger charge is -2.13. The van der Waals surface area contributed by atoms with Gasteiger partial charge in [0.25, 0.3) is 0 Å². The summed E-state index contributed by atoms with van der Waals surface area (Å²) in [5.74, 6) is 0.825. The van der Waals surface area contributed by atoms with Gasteiger partial charge in [-0.25, -0.2) is 0 Å². The molecule has 1 atom stereocenters. The molecule has 0 saturated carbocycles. The minimum Gasteiger partial charge on any atom is -0.394 e. The predicted octanol–water partition coefficient (Wildman–Crippen LogP) is 2.23. The van der Waals surface area contributed by atoms with Crippen molar-refractivity contribution in [2.24, 2.45) is 4.99 Å². The molecule has 1 unspecified atom stereocenters. The van der Waals surface area contributed by atoms with Gasteiger partial charge in [0, 0.05) is 12.0 Å². The lowest BCUT2D eigenvalue weighted by molar-refractivity contribution is -0.480. The molecule has 0 aromatic heterocycles. The van der Waals surface area contributed by atoms with Gasteiger partial charge in [-0.3, -0.25) is 0 Å². The van der Waals surface area contributed by atoms with Crippen LogP contribution in [-0.2, 0) is 4.18 Å². The lowest BCUT2D eigenvalue weighted by Crippen LogP contribution is -2.26. The zero-order valence-electron chi connectivity index (χ0n) is 10.1. The summed E-state index contributed by atoms with van der Waals surface area (Å²) in [6, 6.07) is 7.40. The number of aliphatic hydroxyl groups is 1. The van der Waals surface area contributed by atoms with Crippen LogP contribution in [0.3, 0.4) is 0 Å². The second-order valence-corrected chi connectivity index (χ2v) is 4.66. The highest BCUT2D eigenvalue weighted by atomic mass is 32.2. The highest BCUT2D eigenvalue weighted by molar-refractivity contribution is 7.95. The van der Waals surface area contributed by atoms with E-state index >= 15 is 0 Å². The van der Waals surface area contributed by atoms with Crippen molar-refractivity contribution < 1.29 is 14.0 Å². The van der Waals surface area contributed by atoms with E-state index < -0.39 is 0 Å². The predicted molar refractivity (Wildman–Crippen MR) is 71.1 cm³/mol. The number of nitrogens with zero attached hydrogens (tertiary/aromatic N) is 2. The topological polar surface area (TPSA) is 61.9 Å². The number of benzene rings is 1. The van der Waals surface area contributed by atoms with E-state index in [-0.39, 0.29) is 19.3 Å². The zero-order valence-corrected chi connectivity index (χ0v) is 10.9. The standard InChI is InChI=1S/C12H15N2O3S/c1-9-10-4-2-3-5-11(10)13-12(14(9)16)8-18-17-7-6-15/h2-5,9,15H,6-8H2,1H3/q+1. The van der Waals surface area contributed by atoms with Crippen molar-refractivity contribution in [2.75, 3.05) is 19.0 Å². The maximum Gasteiger partial charge on any atom is 0.349 e. The van der Waals surface area contributed by atoms with Crippen LogP contribution in [0, 0.1) is 4.91 Å². The molecular weight excluding hydrogens is 252 g/mol. The van der Waals surface area contributed by atoms with Crippen molar-refractivity contribution in [3.63, 3.8) is 0 Å². The molecule has 1 N–H and O–H groups in total. The van der Waals surface area contributed by atoms with Crippen LogP contribution < -0.4 is 0 Å². The molecule has 1 heterocycles. The van der Waals surface area contributed by atoms with Crippen molar-refractivity contribution in [3.8, 4) is 0 Å². The number of aliphatic imine (C=N–C) groups is 1. The van der Waals surface area contributed by atoms with Crippen molar-refractivity contribution in [1.82, 2.24) is 0 Å². The number of aliphatic hydroxyl groups excluding tert-OH is 1. The van der Waals surface area contributed by atoms with Gasteiger partial charge in [-0.1, -0.05) is 23.1 Å². The Labute approximate surface area is 110 Å². The number of para-hydroxylation sites is 1.